The second-order valence-corrected chi connectivity index (χ2v) is 3.00. The van der Waals surface area contributed by atoms with Crippen LogP contribution >= 0.6 is 0 Å². The summed E-state index contributed by atoms with van der Waals surface area (Å²) in [5.41, 5.74) is 5.45. The highest BCUT2D eigenvalue weighted by molar-refractivity contribution is 5.87. The number of carbonyl (C=O) groups is 1. The van der Waals surface area contributed by atoms with Crippen molar-refractivity contribution in [3.63, 3.8) is 0 Å². The van der Waals surface area contributed by atoms with Gasteiger partial charge >= 0.3 is 5.97 Å². The van der Waals surface area contributed by atoms with Gasteiger partial charge in [0, 0.05) is 12.2 Å². The van der Waals surface area contributed by atoms with Crippen LogP contribution in [0, 0.1) is 0 Å². The zero-order valence-corrected chi connectivity index (χ0v) is 7.78. The Morgan fingerprint density at radius 1 is 1.71 bits per heavy atom. The maximum Gasteiger partial charge on any atom is 0.341 e. The summed E-state index contributed by atoms with van der Waals surface area (Å²) in [5, 5.41) is 8.68. The lowest BCUT2D eigenvalue weighted by atomic mass is 10.1. The van der Waals surface area contributed by atoms with Crippen LogP contribution in [0.2, 0.25) is 0 Å². The number of nitrogens with two attached hydrogens (primary N) is 1. The predicted octanol–water partition coefficient (Wildman–Crippen LogP) is 0.483. The molecule has 0 radical (unpaired) electrons. The Morgan fingerprint density at radius 3 is 2.86 bits per heavy atom. The van der Waals surface area contributed by atoms with E-state index >= 15 is 0 Å². The highest BCUT2D eigenvalue weighted by Gasteiger charge is 2.11. The number of carboxylic acids is 1. The molecule has 1 aromatic rings. The molecule has 14 heavy (non-hydrogen) atoms. The van der Waals surface area contributed by atoms with E-state index in [1.807, 2.05) is 6.92 Å². The molecule has 0 bridgehead atoms. The Bertz CT molecular complexity index is 397. The van der Waals surface area contributed by atoms with Crippen LogP contribution in [0.1, 0.15) is 35.3 Å². The fourth-order valence-electron chi connectivity index (χ4n) is 1.11. The van der Waals surface area contributed by atoms with E-state index in [-0.39, 0.29) is 11.6 Å². The van der Waals surface area contributed by atoms with Crippen LogP contribution < -0.4 is 11.3 Å². The minimum Gasteiger partial charge on any atom is -0.477 e. The van der Waals surface area contributed by atoms with E-state index in [1.54, 1.807) is 0 Å². The average molecular weight is 196 g/mol. The molecule has 0 fully saturated rings. The van der Waals surface area contributed by atoms with Crippen molar-refractivity contribution in [1.82, 2.24) is 4.98 Å². The van der Waals surface area contributed by atoms with Crippen molar-refractivity contribution in [1.29, 1.82) is 0 Å². The van der Waals surface area contributed by atoms with Crippen molar-refractivity contribution >= 4 is 5.97 Å². The Labute approximate surface area is 80.6 Å². The Balaban J connectivity index is 3.19. The summed E-state index contributed by atoms with van der Waals surface area (Å²) >= 11 is 0. The van der Waals surface area contributed by atoms with Gasteiger partial charge in [0.2, 0.25) is 0 Å². The minimum absolute atomic E-state index is 0.245. The first kappa shape index (κ1) is 10.5. The molecule has 0 saturated heterocycles. The van der Waals surface area contributed by atoms with E-state index < -0.39 is 11.5 Å². The fourth-order valence-corrected chi connectivity index (χ4v) is 1.11. The van der Waals surface area contributed by atoms with Gasteiger partial charge in [-0.1, -0.05) is 6.92 Å². The minimum atomic E-state index is -1.24. The third kappa shape index (κ3) is 2.00. The van der Waals surface area contributed by atoms with Crippen LogP contribution in [0.4, 0.5) is 0 Å². The lowest BCUT2D eigenvalue weighted by molar-refractivity contribution is 0.0695. The van der Waals surface area contributed by atoms with Crippen molar-refractivity contribution in [2.24, 2.45) is 5.73 Å². The first-order chi connectivity index (χ1) is 6.56. The molecule has 5 nitrogen and oxygen atoms in total. The molecule has 76 valence electrons. The number of aromatic amines is 1. The number of carboxylic acid groups (broad SMARTS) is 1. The number of hydrogen-bond donors (Lipinski definition) is 3. The summed E-state index contributed by atoms with van der Waals surface area (Å²) in [5.74, 6) is -1.24. The second-order valence-electron chi connectivity index (χ2n) is 3.00. The van der Waals surface area contributed by atoms with Crippen molar-refractivity contribution in [2.45, 2.75) is 19.4 Å². The topological polar surface area (TPSA) is 96.2 Å². The Kier molecular flexibility index (Phi) is 3.03. The van der Waals surface area contributed by atoms with Crippen LogP contribution in [0.25, 0.3) is 0 Å². The number of nitrogens with one attached hydrogen (secondary N) is 1. The molecule has 1 rings (SSSR count). The number of aromatic nitrogens is 1. The van der Waals surface area contributed by atoms with Crippen molar-refractivity contribution in [2.75, 3.05) is 0 Å². The second kappa shape index (κ2) is 4.06. The zero-order valence-electron chi connectivity index (χ0n) is 7.78. The van der Waals surface area contributed by atoms with Gasteiger partial charge < -0.3 is 15.8 Å². The normalized spacial score (nSPS) is 12.4. The Morgan fingerprint density at radius 2 is 2.36 bits per heavy atom. The van der Waals surface area contributed by atoms with Crippen LogP contribution in [-0.4, -0.2) is 16.1 Å². The summed E-state index contributed by atoms with van der Waals surface area (Å²) in [6, 6.07) is 1.07. The maximum atomic E-state index is 11.0. The molecule has 4 N–H and O–H groups in total. The van der Waals surface area contributed by atoms with E-state index in [0.717, 1.165) is 0 Å². The smallest absolute Gasteiger partial charge is 0.341 e. The molecule has 0 spiro atoms. The summed E-state index contributed by atoms with van der Waals surface area (Å²) in [7, 11) is 0. The highest BCUT2D eigenvalue weighted by atomic mass is 16.4. The van der Waals surface area contributed by atoms with Gasteiger partial charge in [-0.25, -0.2) is 4.79 Å². The number of rotatable bonds is 3. The van der Waals surface area contributed by atoms with Crippen LogP contribution in [0.15, 0.2) is 17.1 Å². The molecule has 0 aliphatic heterocycles. The van der Waals surface area contributed by atoms with E-state index in [4.69, 9.17) is 10.8 Å². The van der Waals surface area contributed by atoms with Gasteiger partial charge in [0.25, 0.3) is 5.56 Å². The van der Waals surface area contributed by atoms with Crippen LogP contribution in [-0.2, 0) is 0 Å². The van der Waals surface area contributed by atoms with Crippen molar-refractivity contribution in [3.8, 4) is 0 Å². The molecule has 1 aromatic heterocycles. The van der Waals surface area contributed by atoms with Crippen molar-refractivity contribution < 1.29 is 9.90 Å². The molecule has 0 unspecified atom stereocenters. The standard InChI is InChI=1S/C9H12N2O3/c1-2-7(10)5-3-6(9(13)14)8(12)11-4-5/h3-4,7H,2,10H2,1H3,(H,11,12)(H,13,14)/t7-/m1/s1. The summed E-state index contributed by atoms with van der Waals surface area (Å²) in [4.78, 5) is 24.0. The van der Waals surface area contributed by atoms with Gasteiger partial charge in [0.1, 0.15) is 5.56 Å². The highest BCUT2D eigenvalue weighted by Crippen LogP contribution is 2.11. The summed E-state index contributed by atoms with van der Waals surface area (Å²) in [6.45, 7) is 1.89. The maximum absolute atomic E-state index is 11.0. The molecule has 1 atom stereocenters. The van der Waals surface area contributed by atoms with Crippen LogP contribution in [0.5, 0.6) is 0 Å². The molecule has 0 aromatic carbocycles. The first-order valence-corrected chi connectivity index (χ1v) is 4.27. The van der Waals surface area contributed by atoms with Gasteiger partial charge in [-0.3, -0.25) is 4.79 Å². The summed E-state index contributed by atoms with van der Waals surface area (Å²) in [6.07, 6.45) is 2.13. The summed E-state index contributed by atoms with van der Waals surface area (Å²) < 4.78 is 0. The van der Waals surface area contributed by atoms with Crippen molar-refractivity contribution in [3.05, 3.63) is 33.7 Å². The molecule has 0 aliphatic carbocycles. The van der Waals surface area contributed by atoms with Gasteiger partial charge in [-0.2, -0.15) is 0 Å². The fraction of sp³-hybridized carbons (Fsp3) is 0.333. The zero-order chi connectivity index (χ0) is 10.7. The third-order valence-corrected chi connectivity index (χ3v) is 2.02. The van der Waals surface area contributed by atoms with Gasteiger partial charge in [-0.05, 0) is 18.1 Å². The number of pyridine rings is 1. The molecular formula is C9H12N2O3. The Hall–Kier alpha value is -1.62. The van der Waals surface area contributed by atoms with E-state index in [1.165, 1.54) is 12.3 Å². The van der Waals surface area contributed by atoms with E-state index in [9.17, 15) is 9.59 Å². The molecular weight excluding hydrogens is 184 g/mol. The average Bonchev–Trinajstić information content (AvgIpc) is 2.17. The van der Waals surface area contributed by atoms with Gasteiger partial charge in [0.15, 0.2) is 0 Å². The molecule has 0 amide bonds. The van der Waals surface area contributed by atoms with Gasteiger partial charge in [-0.15, -0.1) is 0 Å². The number of H-pyrrole nitrogens is 1. The quantitative estimate of drug-likeness (QED) is 0.655. The number of hydrogen-bond acceptors (Lipinski definition) is 3. The van der Waals surface area contributed by atoms with E-state index in [0.29, 0.717) is 12.0 Å². The molecule has 0 saturated carbocycles. The lowest BCUT2D eigenvalue weighted by Crippen LogP contribution is -2.20. The monoisotopic (exact) mass is 196 g/mol. The molecule has 0 aliphatic rings. The molecule has 5 heteroatoms. The first-order valence-electron chi connectivity index (χ1n) is 4.27. The lowest BCUT2D eigenvalue weighted by Gasteiger charge is -2.08. The largest absolute Gasteiger partial charge is 0.477 e. The van der Waals surface area contributed by atoms with Crippen LogP contribution in [0.3, 0.4) is 0 Å². The molecule has 1 heterocycles. The van der Waals surface area contributed by atoms with E-state index in [2.05, 4.69) is 4.98 Å². The SMILES string of the molecule is CC[C@@H](N)c1c[nH]c(=O)c(C(=O)O)c1. The van der Waals surface area contributed by atoms with Gasteiger partial charge in [0.05, 0.1) is 0 Å². The predicted molar refractivity (Wildman–Crippen MR) is 51.2 cm³/mol. The third-order valence-electron chi connectivity index (χ3n) is 2.02. The number of aromatic carboxylic acids is 1.